The molecule has 30 heavy (non-hydrogen) atoms. The van der Waals surface area contributed by atoms with Crippen LogP contribution >= 0.6 is 23.1 Å². The highest BCUT2D eigenvalue weighted by molar-refractivity contribution is 7.99. The topological polar surface area (TPSA) is 34.9 Å². The van der Waals surface area contributed by atoms with Crippen molar-refractivity contribution in [3.63, 3.8) is 0 Å². The van der Waals surface area contributed by atoms with Gasteiger partial charge in [0.05, 0.1) is 11.1 Å². The van der Waals surface area contributed by atoms with Gasteiger partial charge in [-0.1, -0.05) is 64.6 Å². The number of thioether (sulfide) groups is 1. The van der Waals surface area contributed by atoms with Crippen molar-refractivity contribution in [1.29, 1.82) is 0 Å². The normalized spacial score (nSPS) is 16.9. The zero-order chi connectivity index (χ0) is 21.5. The first-order valence-electron chi connectivity index (χ1n) is 11.0. The van der Waals surface area contributed by atoms with Crippen molar-refractivity contribution in [3.8, 4) is 5.69 Å². The number of aromatic nitrogens is 2. The Bertz CT molecular complexity index is 1090. The molecule has 2 aromatic heterocycles. The van der Waals surface area contributed by atoms with E-state index in [1.165, 1.54) is 10.4 Å². The van der Waals surface area contributed by atoms with E-state index in [1.54, 1.807) is 23.1 Å². The van der Waals surface area contributed by atoms with Gasteiger partial charge in [-0.2, -0.15) is 0 Å². The van der Waals surface area contributed by atoms with Crippen molar-refractivity contribution in [2.75, 3.05) is 5.75 Å². The summed E-state index contributed by atoms with van der Waals surface area (Å²) in [5, 5.41) is 1.68. The molecule has 0 radical (unpaired) electrons. The van der Waals surface area contributed by atoms with Gasteiger partial charge < -0.3 is 0 Å². The third kappa shape index (κ3) is 4.24. The lowest BCUT2D eigenvalue weighted by atomic mass is 9.72. The SMILES string of the molecule is CC(C)CCSc1nc2sc3c(c2c(=O)n1-c1ccccc1)CCC(C(C)(C)C)C3. The van der Waals surface area contributed by atoms with Crippen LogP contribution in [0.3, 0.4) is 0 Å². The number of para-hydroxylation sites is 1. The van der Waals surface area contributed by atoms with Crippen LogP contribution < -0.4 is 5.56 Å². The van der Waals surface area contributed by atoms with Crippen molar-refractivity contribution >= 4 is 33.3 Å². The molecule has 1 unspecified atom stereocenters. The highest BCUT2D eigenvalue weighted by Crippen LogP contribution is 2.42. The molecule has 1 aromatic carbocycles. The van der Waals surface area contributed by atoms with E-state index in [0.717, 1.165) is 52.5 Å². The molecule has 1 aliphatic carbocycles. The molecule has 4 rings (SSSR count). The number of benzene rings is 1. The lowest BCUT2D eigenvalue weighted by Crippen LogP contribution is -2.27. The number of aryl methyl sites for hydroxylation is 1. The second kappa shape index (κ2) is 8.51. The van der Waals surface area contributed by atoms with Gasteiger partial charge in [-0.15, -0.1) is 11.3 Å². The molecule has 0 saturated heterocycles. The zero-order valence-electron chi connectivity index (χ0n) is 18.7. The molecular weight excluding hydrogens is 408 g/mol. The molecule has 3 aromatic rings. The van der Waals surface area contributed by atoms with E-state index >= 15 is 0 Å². The molecule has 0 spiro atoms. The van der Waals surface area contributed by atoms with Crippen LogP contribution in [0.4, 0.5) is 0 Å². The summed E-state index contributed by atoms with van der Waals surface area (Å²) in [5.41, 5.74) is 2.57. The smallest absolute Gasteiger partial charge is 0.267 e. The van der Waals surface area contributed by atoms with Gasteiger partial charge in [0.1, 0.15) is 4.83 Å². The van der Waals surface area contributed by atoms with Crippen LogP contribution in [-0.2, 0) is 12.8 Å². The fourth-order valence-electron chi connectivity index (χ4n) is 4.23. The predicted octanol–water partition coefficient (Wildman–Crippen LogP) is 6.74. The highest BCUT2D eigenvalue weighted by Gasteiger charge is 2.32. The van der Waals surface area contributed by atoms with E-state index in [2.05, 4.69) is 34.6 Å². The molecule has 1 aliphatic rings. The number of thiophene rings is 1. The number of fused-ring (bicyclic) bond motifs is 3. The fraction of sp³-hybridized carbons (Fsp3) is 0.520. The van der Waals surface area contributed by atoms with Crippen LogP contribution in [0, 0.1) is 17.3 Å². The van der Waals surface area contributed by atoms with Gasteiger partial charge in [0.25, 0.3) is 5.56 Å². The number of hydrogen-bond donors (Lipinski definition) is 0. The van der Waals surface area contributed by atoms with Crippen LogP contribution in [0.5, 0.6) is 0 Å². The first-order valence-corrected chi connectivity index (χ1v) is 12.8. The van der Waals surface area contributed by atoms with Crippen molar-refractivity contribution < 1.29 is 0 Å². The van der Waals surface area contributed by atoms with Crippen molar-refractivity contribution in [1.82, 2.24) is 9.55 Å². The minimum Gasteiger partial charge on any atom is -0.268 e. The highest BCUT2D eigenvalue weighted by atomic mass is 32.2. The van der Waals surface area contributed by atoms with Gasteiger partial charge in [0, 0.05) is 10.6 Å². The lowest BCUT2D eigenvalue weighted by Gasteiger charge is -2.33. The van der Waals surface area contributed by atoms with Gasteiger partial charge >= 0.3 is 0 Å². The van der Waals surface area contributed by atoms with Gasteiger partial charge in [0.2, 0.25) is 0 Å². The lowest BCUT2D eigenvalue weighted by molar-refractivity contribution is 0.218. The first-order chi connectivity index (χ1) is 14.3. The largest absolute Gasteiger partial charge is 0.268 e. The summed E-state index contributed by atoms with van der Waals surface area (Å²) in [6, 6.07) is 9.99. The Kier molecular flexibility index (Phi) is 6.13. The summed E-state index contributed by atoms with van der Waals surface area (Å²) < 4.78 is 1.84. The van der Waals surface area contributed by atoms with Crippen molar-refractivity contribution in [3.05, 3.63) is 51.1 Å². The molecule has 0 bridgehead atoms. The number of rotatable bonds is 5. The summed E-state index contributed by atoms with van der Waals surface area (Å²) in [7, 11) is 0. The van der Waals surface area contributed by atoms with Crippen LogP contribution in [0.2, 0.25) is 0 Å². The standard InChI is InChI=1S/C25H32N2OS2/c1-16(2)13-14-29-24-26-22-21(23(28)27(24)18-9-7-6-8-10-18)19-12-11-17(25(3,4)5)15-20(19)30-22/h6-10,16-17H,11-15H2,1-5H3. The van der Waals surface area contributed by atoms with E-state index in [9.17, 15) is 4.79 Å². The molecular formula is C25H32N2OS2. The van der Waals surface area contributed by atoms with Crippen molar-refractivity contribution in [2.24, 2.45) is 17.3 Å². The maximum atomic E-state index is 13.8. The maximum Gasteiger partial charge on any atom is 0.267 e. The average molecular weight is 441 g/mol. The molecule has 1 atom stereocenters. The number of nitrogens with zero attached hydrogens (tertiary/aromatic N) is 2. The molecule has 0 aliphatic heterocycles. The average Bonchev–Trinajstić information content (AvgIpc) is 3.05. The third-order valence-electron chi connectivity index (χ3n) is 6.22. The second-order valence-corrected chi connectivity index (χ2v) is 12.0. The molecule has 0 fully saturated rings. The van der Waals surface area contributed by atoms with Crippen molar-refractivity contribution in [2.45, 2.75) is 65.5 Å². The minimum atomic E-state index is 0.102. The maximum absolute atomic E-state index is 13.8. The summed E-state index contributed by atoms with van der Waals surface area (Å²) in [4.78, 5) is 21.1. The fourth-order valence-corrected chi connectivity index (χ4v) is 6.83. The van der Waals surface area contributed by atoms with Crippen LogP contribution in [0.25, 0.3) is 15.9 Å². The van der Waals surface area contributed by atoms with Gasteiger partial charge in [-0.05, 0) is 60.6 Å². The van der Waals surface area contributed by atoms with Crippen LogP contribution in [-0.4, -0.2) is 15.3 Å². The quantitative estimate of drug-likeness (QED) is 0.326. The molecule has 160 valence electrons. The Balaban J connectivity index is 1.84. The van der Waals surface area contributed by atoms with Gasteiger partial charge in [-0.25, -0.2) is 4.98 Å². The zero-order valence-corrected chi connectivity index (χ0v) is 20.3. The third-order valence-corrected chi connectivity index (χ3v) is 8.34. The molecule has 0 amide bonds. The summed E-state index contributed by atoms with van der Waals surface area (Å²) >= 11 is 3.46. The Morgan fingerprint density at radius 1 is 1.23 bits per heavy atom. The molecule has 2 heterocycles. The van der Waals surface area contributed by atoms with E-state index in [-0.39, 0.29) is 5.56 Å². The molecule has 5 heteroatoms. The predicted molar refractivity (Wildman–Crippen MR) is 130 cm³/mol. The van der Waals surface area contributed by atoms with Gasteiger partial charge in [-0.3, -0.25) is 9.36 Å². The number of hydrogen-bond acceptors (Lipinski definition) is 4. The molecule has 0 N–H and O–H groups in total. The second-order valence-electron chi connectivity index (χ2n) is 9.89. The minimum absolute atomic E-state index is 0.102. The summed E-state index contributed by atoms with van der Waals surface area (Å²) in [6.07, 6.45) is 4.32. The molecule has 3 nitrogen and oxygen atoms in total. The van der Waals surface area contributed by atoms with E-state index in [0.29, 0.717) is 17.3 Å². The monoisotopic (exact) mass is 440 g/mol. The molecule has 0 saturated carbocycles. The van der Waals surface area contributed by atoms with Crippen LogP contribution in [0.15, 0.2) is 40.3 Å². The van der Waals surface area contributed by atoms with Crippen LogP contribution in [0.1, 0.15) is 57.9 Å². The van der Waals surface area contributed by atoms with Gasteiger partial charge in [0.15, 0.2) is 5.16 Å². The summed E-state index contributed by atoms with van der Waals surface area (Å²) in [5.74, 6) is 2.27. The Hall–Kier alpha value is -1.59. The Morgan fingerprint density at radius 2 is 1.97 bits per heavy atom. The van der Waals surface area contributed by atoms with E-state index in [1.807, 2.05) is 34.9 Å². The Labute approximate surface area is 187 Å². The van der Waals surface area contributed by atoms with E-state index < -0.39 is 0 Å². The summed E-state index contributed by atoms with van der Waals surface area (Å²) in [6.45, 7) is 11.5. The first kappa shape index (κ1) is 21.6. The Morgan fingerprint density at radius 3 is 2.63 bits per heavy atom. The van der Waals surface area contributed by atoms with E-state index in [4.69, 9.17) is 4.98 Å².